The molecule has 2 nitrogen and oxygen atoms in total. The normalized spacial score (nSPS) is 20.5. The topological polar surface area (TPSA) is 6.48 Å². The van der Waals surface area contributed by atoms with Gasteiger partial charge in [0.2, 0.25) is 0 Å². The van der Waals surface area contributed by atoms with Crippen molar-refractivity contribution in [2.75, 3.05) is 9.80 Å². The summed E-state index contributed by atoms with van der Waals surface area (Å²) < 4.78 is 0. The van der Waals surface area contributed by atoms with Crippen molar-refractivity contribution in [3.8, 4) is 33.4 Å². The molecule has 3 heteroatoms. The molecule has 0 spiro atoms. The van der Waals surface area contributed by atoms with E-state index in [1.807, 2.05) is 0 Å². The summed E-state index contributed by atoms with van der Waals surface area (Å²) in [4.78, 5) is 5.68. The minimum atomic E-state index is -0.188. The van der Waals surface area contributed by atoms with Crippen LogP contribution < -0.4 is 26.2 Å². The fraction of sp³-hybridized carbons (Fsp3) is 0.364. The van der Waals surface area contributed by atoms with Crippen LogP contribution >= 0.6 is 0 Å². The summed E-state index contributed by atoms with van der Waals surface area (Å²) in [6, 6.07) is 50.7. The monoisotopic (exact) mass is 903 g/mol. The molecule has 3 aliphatic heterocycles. The van der Waals surface area contributed by atoms with Gasteiger partial charge in [0.25, 0.3) is 6.71 Å². The Bertz CT molecular complexity index is 3240. The van der Waals surface area contributed by atoms with E-state index in [9.17, 15) is 0 Å². The van der Waals surface area contributed by atoms with Gasteiger partial charge >= 0.3 is 0 Å². The second kappa shape index (κ2) is 14.4. The van der Waals surface area contributed by atoms with Crippen LogP contribution in [0.4, 0.5) is 28.4 Å². The van der Waals surface area contributed by atoms with Gasteiger partial charge < -0.3 is 9.80 Å². The average molecular weight is 903 g/mol. The predicted molar refractivity (Wildman–Crippen MR) is 298 cm³/mol. The van der Waals surface area contributed by atoms with Gasteiger partial charge in [0.1, 0.15) is 0 Å². The summed E-state index contributed by atoms with van der Waals surface area (Å²) in [5.41, 5.74) is 28.5. The number of fused-ring (bicyclic) bond motifs is 10. The van der Waals surface area contributed by atoms with Gasteiger partial charge in [0.05, 0.1) is 11.2 Å². The second-order valence-corrected chi connectivity index (χ2v) is 25.8. The average Bonchev–Trinajstić information content (AvgIpc) is 3.65. The zero-order chi connectivity index (χ0) is 48.5. The number of benzene rings is 7. The predicted octanol–water partition coefficient (Wildman–Crippen LogP) is 15.9. The van der Waals surface area contributed by atoms with E-state index in [2.05, 4.69) is 234 Å². The summed E-state index contributed by atoms with van der Waals surface area (Å²) >= 11 is 0. The van der Waals surface area contributed by atoms with Crippen LogP contribution in [0, 0.1) is 6.92 Å². The zero-order valence-electron chi connectivity index (χ0n) is 43.9. The molecule has 0 amide bonds. The Morgan fingerprint density at radius 1 is 0.464 bits per heavy atom. The highest BCUT2D eigenvalue weighted by Gasteiger charge is 2.62. The lowest BCUT2D eigenvalue weighted by molar-refractivity contribution is 0.195. The number of hydrogen-bond acceptors (Lipinski definition) is 2. The van der Waals surface area contributed by atoms with Gasteiger partial charge in [-0.25, -0.2) is 0 Å². The van der Waals surface area contributed by atoms with Crippen molar-refractivity contribution in [1.82, 2.24) is 0 Å². The third-order valence-electron chi connectivity index (χ3n) is 18.1. The number of nitrogens with zero attached hydrogens (tertiary/aromatic N) is 2. The molecule has 5 aliphatic rings. The summed E-state index contributed by atoms with van der Waals surface area (Å²) in [5, 5.41) is 0. The minimum absolute atomic E-state index is 0.0132. The highest BCUT2D eigenvalue weighted by Crippen LogP contribution is 2.63. The van der Waals surface area contributed by atoms with Gasteiger partial charge in [-0.2, -0.15) is 0 Å². The SMILES string of the molecule is Cc1cc2c3c(c1)N1c4c(cc(C(C)(C)C)cc4C4(C)CCCCC14C)B3c1cc3c(cc1N2c1c(-c2ccccc2)cc(C(C)(C)C)cc1-c1ccccc1)-c1ccc(C(C)(C)C)cc1C3(C)C. The van der Waals surface area contributed by atoms with Crippen molar-refractivity contribution in [3.05, 3.63) is 166 Å². The lowest BCUT2D eigenvalue weighted by Crippen LogP contribution is -2.64. The van der Waals surface area contributed by atoms with Gasteiger partial charge in [0, 0.05) is 44.7 Å². The molecule has 0 saturated heterocycles. The number of aryl methyl sites for hydroxylation is 1. The Morgan fingerprint density at radius 3 is 1.62 bits per heavy atom. The molecule has 2 aliphatic carbocycles. The molecule has 7 aromatic carbocycles. The quantitative estimate of drug-likeness (QED) is 0.163. The second-order valence-electron chi connectivity index (χ2n) is 25.8. The molecule has 2 atom stereocenters. The van der Waals surface area contributed by atoms with Crippen LogP contribution in [0.2, 0.25) is 0 Å². The molecular weight excluding hydrogens is 832 g/mol. The van der Waals surface area contributed by atoms with E-state index < -0.39 is 0 Å². The molecule has 1 fully saturated rings. The molecule has 1 saturated carbocycles. The fourth-order valence-electron chi connectivity index (χ4n) is 13.8. The van der Waals surface area contributed by atoms with E-state index >= 15 is 0 Å². The molecule has 12 rings (SSSR count). The number of rotatable bonds is 3. The van der Waals surface area contributed by atoms with Gasteiger partial charge in [-0.15, -0.1) is 0 Å². The molecule has 3 heterocycles. The van der Waals surface area contributed by atoms with Crippen molar-refractivity contribution in [2.24, 2.45) is 0 Å². The summed E-state index contributed by atoms with van der Waals surface area (Å²) in [6.45, 7) is 34.1. The number of hydrogen-bond donors (Lipinski definition) is 0. The van der Waals surface area contributed by atoms with Gasteiger partial charge in [-0.1, -0.05) is 193 Å². The lowest BCUT2D eigenvalue weighted by Gasteiger charge is -2.53. The first-order chi connectivity index (χ1) is 32.5. The standard InChI is InChI=1S/C66H71BN2/c1-40-31-56-58-57(32-40)69-60-52(65(13)29-21-22-30-66(65,69)14)36-45(63(8,9)10)37-54(60)67(58)53-39-51-49(46-28-27-43(61(2,3)4)35-50(46)64(51,11)12)38-55(53)68(56)59-47(41-23-17-15-18-24-41)33-44(62(5,6)7)34-48(59)42-25-19-16-20-26-42/h15-20,23-28,31-39H,21-22,29-30H2,1-14H3. The fourth-order valence-corrected chi connectivity index (χ4v) is 13.8. The van der Waals surface area contributed by atoms with Gasteiger partial charge in [0.15, 0.2) is 0 Å². The Balaban J connectivity index is 1.27. The maximum atomic E-state index is 2.91. The third-order valence-corrected chi connectivity index (χ3v) is 18.1. The van der Waals surface area contributed by atoms with E-state index in [0.717, 1.165) is 0 Å². The van der Waals surface area contributed by atoms with Crippen LogP contribution in [0.3, 0.4) is 0 Å². The van der Waals surface area contributed by atoms with Gasteiger partial charge in [-0.3, -0.25) is 0 Å². The van der Waals surface area contributed by atoms with Crippen LogP contribution in [0.15, 0.2) is 127 Å². The first-order valence-corrected chi connectivity index (χ1v) is 26.1. The van der Waals surface area contributed by atoms with E-state index in [4.69, 9.17) is 0 Å². The van der Waals surface area contributed by atoms with Crippen LogP contribution in [0.25, 0.3) is 33.4 Å². The summed E-state index contributed by atoms with van der Waals surface area (Å²) in [6.07, 6.45) is 4.91. The molecule has 0 bridgehead atoms. The molecule has 0 N–H and O–H groups in total. The van der Waals surface area contributed by atoms with Crippen molar-refractivity contribution in [1.29, 1.82) is 0 Å². The first-order valence-electron chi connectivity index (χ1n) is 26.1. The van der Waals surface area contributed by atoms with Crippen LogP contribution in [0.1, 0.15) is 155 Å². The van der Waals surface area contributed by atoms with E-state index in [0.29, 0.717) is 0 Å². The lowest BCUT2D eigenvalue weighted by atomic mass is 9.33. The maximum Gasteiger partial charge on any atom is 0.252 e. The smallest absolute Gasteiger partial charge is 0.252 e. The van der Waals surface area contributed by atoms with Crippen molar-refractivity contribution >= 4 is 51.5 Å². The third kappa shape index (κ3) is 6.17. The van der Waals surface area contributed by atoms with Crippen LogP contribution in [-0.4, -0.2) is 12.3 Å². The molecule has 0 radical (unpaired) electrons. The Morgan fingerprint density at radius 2 is 1.01 bits per heavy atom. The van der Waals surface area contributed by atoms with Gasteiger partial charge in [-0.05, 0) is 151 Å². The highest BCUT2D eigenvalue weighted by molar-refractivity contribution is 7.00. The first kappa shape index (κ1) is 44.4. The van der Waals surface area contributed by atoms with Crippen LogP contribution in [-0.2, 0) is 27.1 Å². The molecule has 348 valence electrons. The van der Waals surface area contributed by atoms with E-state index in [1.165, 1.54) is 137 Å². The molecular formula is C66H71BN2. The highest BCUT2D eigenvalue weighted by atomic mass is 15.3. The molecule has 0 aromatic heterocycles. The zero-order valence-corrected chi connectivity index (χ0v) is 43.9. The Hall–Kier alpha value is -5.80. The Labute approximate surface area is 414 Å². The minimum Gasteiger partial charge on any atom is -0.335 e. The summed E-state index contributed by atoms with van der Waals surface area (Å²) in [5.74, 6) is 0. The molecule has 2 unspecified atom stereocenters. The largest absolute Gasteiger partial charge is 0.335 e. The van der Waals surface area contributed by atoms with Crippen molar-refractivity contribution in [2.45, 2.75) is 155 Å². The molecule has 7 aromatic rings. The number of anilines is 5. The maximum absolute atomic E-state index is 2.91. The van der Waals surface area contributed by atoms with Crippen molar-refractivity contribution < 1.29 is 0 Å². The van der Waals surface area contributed by atoms with Crippen molar-refractivity contribution in [3.63, 3.8) is 0 Å². The Kier molecular flexibility index (Phi) is 9.27. The van der Waals surface area contributed by atoms with E-state index in [-0.39, 0.29) is 39.3 Å². The van der Waals surface area contributed by atoms with E-state index in [1.54, 1.807) is 5.56 Å². The molecule has 69 heavy (non-hydrogen) atoms. The summed E-state index contributed by atoms with van der Waals surface area (Å²) in [7, 11) is 0. The van der Waals surface area contributed by atoms with Crippen LogP contribution in [0.5, 0.6) is 0 Å².